The molecule has 0 bridgehead atoms. The van der Waals surface area contributed by atoms with Crippen molar-refractivity contribution in [3.63, 3.8) is 0 Å². The number of hydrogen-bond donors (Lipinski definition) is 1. The average molecular weight is 318 g/mol. The van der Waals surface area contributed by atoms with Gasteiger partial charge < -0.3 is 15.5 Å². The van der Waals surface area contributed by atoms with Crippen molar-refractivity contribution in [3.05, 3.63) is 66.7 Å². The highest BCUT2D eigenvalue weighted by atomic mass is 15.2. The highest BCUT2D eigenvalue weighted by molar-refractivity contribution is 6.00. The molecule has 24 heavy (non-hydrogen) atoms. The van der Waals surface area contributed by atoms with E-state index in [1.165, 1.54) is 0 Å². The molecular formula is C20H22N4. The van der Waals surface area contributed by atoms with Gasteiger partial charge in [-0.25, -0.2) is 4.99 Å². The van der Waals surface area contributed by atoms with Gasteiger partial charge in [-0.05, 0) is 29.7 Å². The smallest absolute Gasteiger partial charge is 0.200 e. The molecular weight excluding hydrogens is 296 g/mol. The maximum absolute atomic E-state index is 6.26. The normalized spacial score (nSPS) is 11.5. The van der Waals surface area contributed by atoms with E-state index in [-0.39, 0.29) is 0 Å². The van der Waals surface area contributed by atoms with Crippen molar-refractivity contribution >= 4 is 33.8 Å². The van der Waals surface area contributed by atoms with Gasteiger partial charge in [0, 0.05) is 37.9 Å². The molecule has 2 N–H and O–H groups in total. The number of aliphatic imine (C=N–C) groups is 1. The lowest BCUT2D eigenvalue weighted by Gasteiger charge is -2.21. The zero-order chi connectivity index (χ0) is 17.1. The fourth-order valence-corrected chi connectivity index (χ4v) is 2.62. The Labute approximate surface area is 142 Å². The van der Waals surface area contributed by atoms with Crippen molar-refractivity contribution in [2.75, 3.05) is 30.9 Å². The minimum atomic E-state index is 0.460. The Morgan fingerprint density at radius 2 is 1.50 bits per heavy atom. The maximum Gasteiger partial charge on any atom is 0.200 e. The van der Waals surface area contributed by atoms with E-state index in [4.69, 9.17) is 5.73 Å². The first-order valence-electron chi connectivity index (χ1n) is 7.89. The number of nitrogens with zero attached hydrogens (tertiary/aromatic N) is 3. The molecule has 122 valence electrons. The summed E-state index contributed by atoms with van der Waals surface area (Å²) >= 11 is 0. The van der Waals surface area contributed by atoms with Gasteiger partial charge in [-0.3, -0.25) is 0 Å². The van der Waals surface area contributed by atoms with Crippen molar-refractivity contribution in [2.45, 2.75) is 0 Å². The molecule has 0 aliphatic heterocycles. The van der Waals surface area contributed by atoms with Crippen LogP contribution >= 0.6 is 0 Å². The summed E-state index contributed by atoms with van der Waals surface area (Å²) < 4.78 is 0. The Morgan fingerprint density at radius 1 is 0.833 bits per heavy atom. The molecule has 0 saturated heterocycles. The van der Waals surface area contributed by atoms with E-state index in [2.05, 4.69) is 40.2 Å². The molecule has 0 aromatic heterocycles. The van der Waals surface area contributed by atoms with Gasteiger partial charge >= 0.3 is 0 Å². The molecule has 0 amide bonds. The molecule has 3 rings (SSSR count). The molecule has 0 radical (unpaired) electrons. The first-order chi connectivity index (χ1) is 11.6. The topological polar surface area (TPSA) is 44.9 Å². The lowest BCUT2D eigenvalue weighted by atomic mass is 10.1. The molecule has 0 saturated carbocycles. The fourth-order valence-electron chi connectivity index (χ4n) is 2.62. The molecule has 3 aromatic carbocycles. The molecule has 0 aliphatic carbocycles. The molecule has 0 aliphatic rings. The minimum absolute atomic E-state index is 0.460. The molecule has 0 unspecified atom stereocenters. The second kappa shape index (κ2) is 6.62. The third-order valence-corrected chi connectivity index (χ3v) is 4.08. The third kappa shape index (κ3) is 3.18. The van der Waals surface area contributed by atoms with Crippen LogP contribution in [-0.4, -0.2) is 27.1 Å². The van der Waals surface area contributed by atoms with Crippen LogP contribution in [0, 0.1) is 0 Å². The van der Waals surface area contributed by atoms with Gasteiger partial charge in [-0.2, -0.15) is 0 Å². The SMILES string of the molecule is CN(C)c1cccc(N(C)C(N)=Nc2cccc3ccccc23)c1. The maximum atomic E-state index is 6.26. The van der Waals surface area contributed by atoms with Crippen LogP contribution in [0.25, 0.3) is 10.8 Å². The van der Waals surface area contributed by atoms with Crippen LogP contribution in [0.15, 0.2) is 71.7 Å². The Hall–Kier alpha value is -3.01. The van der Waals surface area contributed by atoms with Crippen molar-refractivity contribution in [1.29, 1.82) is 0 Å². The summed E-state index contributed by atoms with van der Waals surface area (Å²) in [6.07, 6.45) is 0. The number of anilines is 2. The van der Waals surface area contributed by atoms with Crippen LogP contribution in [0.2, 0.25) is 0 Å². The minimum Gasteiger partial charge on any atom is -0.378 e. The first kappa shape index (κ1) is 15.9. The van der Waals surface area contributed by atoms with E-state index in [1.807, 2.05) is 62.4 Å². The predicted molar refractivity (Wildman–Crippen MR) is 104 cm³/mol. The summed E-state index contributed by atoms with van der Waals surface area (Å²) in [4.78, 5) is 8.61. The van der Waals surface area contributed by atoms with E-state index in [9.17, 15) is 0 Å². The number of nitrogens with two attached hydrogens (primary N) is 1. The highest BCUT2D eigenvalue weighted by Gasteiger charge is 2.08. The van der Waals surface area contributed by atoms with Crippen LogP contribution in [-0.2, 0) is 0 Å². The third-order valence-electron chi connectivity index (χ3n) is 4.08. The first-order valence-corrected chi connectivity index (χ1v) is 7.89. The van der Waals surface area contributed by atoms with Gasteiger partial charge in [0.25, 0.3) is 0 Å². The molecule has 0 atom stereocenters. The number of guanidine groups is 1. The molecule has 3 aromatic rings. The monoisotopic (exact) mass is 318 g/mol. The van der Waals surface area contributed by atoms with Gasteiger partial charge in [-0.15, -0.1) is 0 Å². The van der Waals surface area contributed by atoms with E-state index in [0.29, 0.717) is 5.96 Å². The lowest BCUT2D eigenvalue weighted by molar-refractivity contribution is 1.12. The molecule has 0 heterocycles. The highest BCUT2D eigenvalue weighted by Crippen LogP contribution is 2.26. The predicted octanol–water partition coefficient (Wildman–Crippen LogP) is 3.99. The van der Waals surface area contributed by atoms with E-state index >= 15 is 0 Å². The summed E-state index contributed by atoms with van der Waals surface area (Å²) in [5.41, 5.74) is 9.26. The van der Waals surface area contributed by atoms with Crippen LogP contribution in [0.1, 0.15) is 0 Å². The standard InChI is InChI=1S/C20H22N4/c1-23(2)16-10-7-11-17(14-16)24(3)20(21)22-19-13-6-9-15-8-4-5-12-18(15)19/h4-14H,1-3H3,(H2,21,22). The fraction of sp³-hybridized carbons (Fsp3) is 0.150. The number of benzene rings is 3. The summed E-state index contributed by atoms with van der Waals surface area (Å²) in [6, 6.07) is 22.4. The number of fused-ring (bicyclic) bond motifs is 1. The summed E-state index contributed by atoms with van der Waals surface area (Å²) in [5, 5.41) is 2.25. The molecule has 4 nitrogen and oxygen atoms in total. The largest absolute Gasteiger partial charge is 0.378 e. The zero-order valence-corrected chi connectivity index (χ0v) is 14.3. The molecule has 0 fully saturated rings. The van der Waals surface area contributed by atoms with Gasteiger partial charge in [0.1, 0.15) is 0 Å². The van der Waals surface area contributed by atoms with Crippen LogP contribution in [0.3, 0.4) is 0 Å². The zero-order valence-electron chi connectivity index (χ0n) is 14.3. The second-order valence-electron chi connectivity index (χ2n) is 5.94. The van der Waals surface area contributed by atoms with Gasteiger partial charge in [0.2, 0.25) is 5.96 Å². The van der Waals surface area contributed by atoms with E-state index in [1.54, 1.807) is 0 Å². The van der Waals surface area contributed by atoms with Gasteiger partial charge in [-0.1, -0.05) is 42.5 Å². The quantitative estimate of drug-likeness (QED) is 0.586. The Balaban J connectivity index is 1.96. The number of rotatable bonds is 3. The summed E-state index contributed by atoms with van der Waals surface area (Å²) in [7, 11) is 5.97. The average Bonchev–Trinajstić information content (AvgIpc) is 2.61. The Kier molecular flexibility index (Phi) is 4.38. The van der Waals surface area contributed by atoms with E-state index < -0.39 is 0 Å². The summed E-state index contributed by atoms with van der Waals surface area (Å²) in [6.45, 7) is 0. The van der Waals surface area contributed by atoms with Crippen LogP contribution in [0.5, 0.6) is 0 Å². The molecule has 4 heteroatoms. The van der Waals surface area contributed by atoms with E-state index in [0.717, 1.165) is 27.8 Å². The number of hydrogen-bond acceptors (Lipinski definition) is 2. The van der Waals surface area contributed by atoms with Crippen molar-refractivity contribution in [3.8, 4) is 0 Å². The van der Waals surface area contributed by atoms with Crippen LogP contribution < -0.4 is 15.5 Å². The lowest BCUT2D eigenvalue weighted by Crippen LogP contribution is -2.33. The Morgan fingerprint density at radius 3 is 2.29 bits per heavy atom. The van der Waals surface area contributed by atoms with Crippen LogP contribution in [0.4, 0.5) is 17.1 Å². The van der Waals surface area contributed by atoms with Crippen molar-refractivity contribution in [2.24, 2.45) is 10.7 Å². The van der Waals surface area contributed by atoms with Crippen molar-refractivity contribution in [1.82, 2.24) is 0 Å². The van der Waals surface area contributed by atoms with Gasteiger partial charge in [0.15, 0.2) is 0 Å². The summed E-state index contributed by atoms with van der Waals surface area (Å²) in [5.74, 6) is 0.460. The molecule has 0 spiro atoms. The van der Waals surface area contributed by atoms with Gasteiger partial charge in [0.05, 0.1) is 5.69 Å². The second-order valence-corrected chi connectivity index (χ2v) is 5.94. The Bertz CT molecular complexity index is 878. The van der Waals surface area contributed by atoms with Crippen molar-refractivity contribution < 1.29 is 0 Å².